The largest absolute Gasteiger partial charge is 0.497 e. The van der Waals surface area contributed by atoms with Crippen molar-refractivity contribution in [1.29, 1.82) is 0 Å². The second kappa shape index (κ2) is 5.89. The fourth-order valence-corrected chi connectivity index (χ4v) is 3.88. The molecule has 0 saturated carbocycles. The molecule has 0 bridgehead atoms. The average Bonchev–Trinajstić information content (AvgIpc) is 2.67. The van der Waals surface area contributed by atoms with E-state index in [0.29, 0.717) is 19.4 Å². The third kappa shape index (κ3) is 2.89. The summed E-state index contributed by atoms with van der Waals surface area (Å²) >= 11 is 25.8. The Morgan fingerprint density at radius 2 is 1.83 bits per heavy atom. The molecule has 2 rings (SSSR count). The summed E-state index contributed by atoms with van der Waals surface area (Å²) in [4.78, 5) is 0. The zero-order chi connectivity index (χ0) is 13.3. The van der Waals surface area contributed by atoms with E-state index >= 15 is 0 Å². The SMILES string of the molecule is COc1ccc(C(Cl)c2cc(Cl)sc2Cl)c(Cl)c1. The van der Waals surface area contributed by atoms with Crippen LogP contribution in [0.15, 0.2) is 24.3 Å². The molecule has 1 aromatic heterocycles. The molecule has 0 saturated heterocycles. The molecule has 2 aromatic rings. The average molecular weight is 342 g/mol. The van der Waals surface area contributed by atoms with Crippen molar-refractivity contribution in [2.24, 2.45) is 0 Å². The van der Waals surface area contributed by atoms with Gasteiger partial charge < -0.3 is 4.74 Å². The molecule has 0 fully saturated rings. The number of rotatable bonds is 3. The first-order valence-electron chi connectivity index (χ1n) is 4.95. The van der Waals surface area contributed by atoms with Gasteiger partial charge in [0.25, 0.3) is 0 Å². The number of hydrogen-bond acceptors (Lipinski definition) is 2. The van der Waals surface area contributed by atoms with E-state index in [1.165, 1.54) is 11.3 Å². The molecule has 1 aromatic carbocycles. The Bertz CT molecular complexity index is 567. The van der Waals surface area contributed by atoms with Gasteiger partial charge >= 0.3 is 0 Å². The van der Waals surface area contributed by atoms with Crippen molar-refractivity contribution >= 4 is 57.7 Å². The minimum Gasteiger partial charge on any atom is -0.497 e. The van der Waals surface area contributed by atoms with Crippen LogP contribution >= 0.6 is 57.7 Å². The molecule has 0 aliphatic heterocycles. The maximum absolute atomic E-state index is 6.39. The second-order valence-electron chi connectivity index (χ2n) is 3.53. The molecule has 0 N–H and O–H groups in total. The van der Waals surface area contributed by atoms with E-state index < -0.39 is 5.38 Å². The third-order valence-electron chi connectivity index (χ3n) is 2.44. The zero-order valence-corrected chi connectivity index (χ0v) is 13.1. The van der Waals surface area contributed by atoms with Crippen molar-refractivity contribution in [2.45, 2.75) is 5.38 Å². The van der Waals surface area contributed by atoms with Gasteiger partial charge in [0.15, 0.2) is 0 Å². The quantitative estimate of drug-likeness (QED) is 0.618. The van der Waals surface area contributed by atoms with Crippen LogP contribution in [0, 0.1) is 0 Å². The molecule has 6 heteroatoms. The lowest BCUT2D eigenvalue weighted by molar-refractivity contribution is 0.414. The fourth-order valence-electron chi connectivity index (χ4n) is 1.53. The summed E-state index contributed by atoms with van der Waals surface area (Å²) in [5, 5.41) is 0.104. The first-order chi connectivity index (χ1) is 8.52. The van der Waals surface area contributed by atoms with Crippen molar-refractivity contribution < 1.29 is 4.74 Å². The fraction of sp³-hybridized carbons (Fsp3) is 0.167. The van der Waals surface area contributed by atoms with E-state index in [4.69, 9.17) is 51.1 Å². The second-order valence-corrected chi connectivity index (χ2v) is 6.66. The van der Waals surface area contributed by atoms with Gasteiger partial charge in [-0.25, -0.2) is 0 Å². The van der Waals surface area contributed by atoms with E-state index in [0.717, 1.165) is 11.1 Å². The third-order valence-corrected chi connectivity index (χ3v) is 4.75. The van der Waals surface area contributed by atoms with Gasteiger partial charge in [0.2, 0.25) is 0 Å². The van der Waals surface area contributed by atoms with Gasteiger partial charge in [-0.1, -0.05) is 40.9 Å². The predicted molar refractivity (Wildman–Crippen MR) is 80.0 cm³/mol. The summed E-state index contributed by atoms with van der Waals surface area (Å²) in [6.07, 6.45) is 0. The number of halogens is 4. The minimum absolute atomic E-state index is 0.431. The predicted octanol–water partition coefficient (Wildman–Crippen LogP) is 6.05. The lowest BCUT2D eigenvalue weighted by Crippen LogP contribution is -1.94. The summed E-state index contributed by atoms with van der Waals surface area (Å²) in [6, 6.07) is 7.10. The van der Waals surface area contributed by atoms with Gasteiger partial charge in [0, 0.05) is 10.6 Å². The molecule has 1 unspecified atom stereocenters. The number of alkyl halides is 1. The summed E-state index contributed by atoms with van der Waals surface area (Å²) in [5.74, 6) is 0.682. The lowest BCUT2D eigenvalue weighted by Gasteiger charge is -2.12. The van der Waals surface area contributed by atoms with E-state index in [1.807, 2.05) is 6.07 Å². The molecule has 0 aliphatic rings. The van der Waals surface area contributed by atoms with Crippen LogP contribution in [0.3, 0.4) is 0 Å². The Labute approximate surface area is 129 Å². The molecule has 0 spiro atoms. The molecule has 96 valence electrons. The molecular weight excluding hydrogens is 334 g/mol. The summed E-state index contributed by atoms with van der Waals surface area (Å²) in [6.45, 7) is 0. The van der Waals surface area contributed by atoms with Crippen molar-refractivity contribution in [3.63, 3.8) is 0 Å². The monoisotopic (exact) mass is 340 g/mol. The van der Waals surface area contributed by atoms with Crippen LogP contribution in [0.1, 0.15) is 16.5 Å². The number of methoxy groups -OCH3 is 1. The van der Waals surface area contributed by atoms with Crippen LogP contribution in [0.25, 0.3) is 0 Å². The summed E-state index contributed by atoms with van der Waals surface area (Å²) in [5.41, 5.74) is 1.54. The van der Waals surface area contributed by atoms with Crippen LogP contribution in [0.4, 0.5) is 0 Å². The lowest BCUT2D eigenvalue weighted by atomic mass is 10.1. The van der Waals surface area contributed by atoms with Crippen molar-refractivity contribution in [2.75, 3.05) is 7.11 Å². The van der Waals surface area contributed by atoms with Crippen LogP contribution in [-0.2, 0) is 0 Å². The summed E-state index contributed by atoms with van der Waals surface area (Å²) < 4.78 is 6.27. The van der Waals surface area contributed by atoms with Gasteiger partial charge in [-0.3, -0.25) is 0 Å². The Hall–Kier alpha value is -0.120. The zero-order valence-electron chi connectivity index (χ0n) is 9.22. The molecule has 1 nitrogen and oxygen atoms in total. The minimum atomic E-state index is -0.431. The van der Waals surface area contributed by atoms with Crippen LogP contribution in [0.5, 0.6) is 5.75 Å². The van der Waals surface area contributed by atoms with Crippen LogP contribution in [0.2, 0.25) is 13.7 Å². The van der Waals surface area contributed by atoms with Crippen molar-refractivity contribution in [3.05, 3.63) is 49.1 Å². The van der Waals surface area contributed by atoms with Crippen molar-refractivity contribution in [3.8, 4) is 5.75 Å². The molecule has 1 heterocycles. The molecule has 0 radical (unpaired) electrons. The number of benzene rings is 1. The van der Waals surface area contributed by atoms with Crippen molar-refractivity contribution in [1.82, 2.24) is 0 Å². The molecule has 1 atom stereocenters. The van der Waals surface area contributed by atoms with Gasteiger partial charge in [0.05, 0.1) is 21.2 Å². The maximum atomic E-state index is 6.39. The van der Waals surface area contributed by atoms with Gasteiger partial charge in [-0.05, 0) is 23.8 Å². The molecule has 0 aliphatic carbocycles. The highest BCUT2D eigenvalue weighted by atomic mass is 35.5. The molecule has 18 heavy (non-hydrogen) atoms. The van der Waals surface area contributed by atoms with E-state index in [9.17, 15) is 0 Å². The first kappa shape index (κ1) is 14.3. The summed E-state index contributed by atoms with van der Waals surface area (Å²) in [7, 11) is 1.58. The number of thiophene rings is 1. The van der Waals surface area contributed by atoms with E-state index in [2.05, 4.69) is 0 Å². The normalized spacial score (nSPS) is 12.5. The van der Waals surface area contributed by atoms with Crippen LogP contribution < -0.4 is 4.74 Å². The Balaban J connectivity index is 2.39. The number of hydrogen-bond donors (Lipinski definition) is 0. The highest BCUT2D eigenvalue weighted by molar-refractivity contribution is 7.20. The molecular formula is C12H8Cl4OS. The van der Waals surface area contributed by atoms with Gasteiger partial charge in [-0.2, -0.15) is 0 Å². The Morgan fingerprint density at radius 1 is 1.11 bits per heavy atom. The van der Waals surface area contributed by atoms with E-state index in [-0.39, 0.29) is 0 Å². The van der Waals surface area contributed by atoms with Crippen LogP contribution in [-0.4, -0.2) is 7.11 Å². The first-order valence-corrected chi connectivity index (χ1v) is 7.34. The standard InChI is InChI=1S/C12H8Cl4OS/c1-17-6-2-3-7(9(13)4-6)11(15)8-5-10(14)18-12(8)16/h2-5,11H,1H3. The number of ether oxygens (including phenoxy) is 1. The highest BCUT2D eigenvalue weighted by Crippen LogP contribution is 2.42. The molecule has 0 amide bonds. The Kier molecular flexibility index (Phi) is 4.68. The van der Waals surface area contributed by atoms with Gasteiger partial charge in [0.1, 0.15) is 5.75 Å². The highest BCUT2D eigenvalue weighted by Gasteiger charge is 2.19. The van der Waals surface area contributed by atoms with E-state index in [1.54, 1.807) is 25.3 Å². The van der Waals surface area contributed by atoms with Gasteiger partial charge in [-0.15, -0.1) is 22.9 Å². The smallest absolute Gasteiger partial charge is 0.120 e. The maximum Gasteiger partial charge on any atom is 0.120 e. The topological polar surface area (TPSA) is 9.23 Å². The Morgan fingerprint density at radius 3 is 2.33 bits per heavy atom.